The van der Waals surface area contributed by atoms with Crippen molar-refractivity contribution in [2.75, 3.05) is 0 Å². The zero-order valence-electron chi connectivity index (χ0n) is 8.85. The first-order valence-corrected chi connectivity index (χ1v) is 4.18. The van der Waals surface area contributed by atoms with Gasteiger partial charge in [-0.15, -0.1) is 26.3 Å². The third-order valence-electron chi connectivity index (χ3n) is 1.38. The minimum atomic E-state index is -1.06. The van der Waals surface area contributed by atoms with Crippen LogP contribution in [0.3, 0.4) is 0 Å². The van der Waals surface area contributed by atoms with Crippen LogP contribution in [0.4, 0.5) is 0 Å². The molecule has 0 atom stereocenters. The molecule has 0 bridgehead atoms. The molecule has 0 fully saturated rings. The maximum Gasteiger partial charge on any atom is 0.335 e. The fourth-order valence-corrected chi connectivity index (χ4v) is 0.755. The second kappa shape index (κ2) is 9.21. The number of carboxylic acids is 2. The van der Waals surface area contributed by atoms with Crippen molar-refractivity contribution < 1.29 is 19.8 Å². The van der Waals surface area contributed by atoms with E-state index in [1.54, 1.807) is 0 Å². The molecule has 1 rings (SSSR count). The maximum atomic E-state index is 10.3. The third kappa shape index (κ3) is 5.39. The summed E-state index contributed by atoms with van der Waals surface area (Å²) in [4.78, 5) is 20.7. The second-order valence-electron chi connectivity index (χ2n) is 2.19. The van der Waals surface area contributed by atoms with Crippen molar-refractivity contribution in [3.05, 3.63) is 61.7 Å². The van der Waals surface area contributed by atoms with E-state index < -0.39 is 11.9 Å². The summed E-state index contributed by atoms with van der Waals surface area (Å²) in [5, 5.41) is 16.9. The zero-order valence-corrected chi connectivity index (χ0v) is 8.85. The van der Waals surface area contributed by atoms with Gasteiger partial charge in [-0.05, 0) is 24.3 Å². The van der Waals surface area contributed by atoms with Crippen LogP contribution in [0.1, 0.15) is 20.7 Å². The van der Waals surface area contributed by atoms with Crippen LogP contribution in [-0.2, 0) is 0 Å². The Bertz CT molecular complexity index is 306. The molecule has 0 heterocycles. The largest absolute Gasteiger partial charge is 0.478 e. The molecular weight excluding hydrogens is 208 g/mol. The Balaban J connectivity index is 0. The molecule has 1 aromatic carbocycles. The van der Waals surface area contributed by atoms with E-state index in [4.69, 9.17) is 10.2 Å². The third-order valence-corrected chi connectivity index (χ3v) is 1.38. The summed E-state index contributed by atoms with van der Waals surface area (Å²) in [5.74, 6) is -2.13. The van der Waals surface area contributed by atoms with Crippen LogP contribution in [0.25, 0.3) is 0 Å². The number of benzene rings is 1. The van der Waals surface area contributed by atoms with Gasteiger partial charge in [0.05, 0.1) is 11.1 Å². The minimum Gasteiger partial charge on any atom is -0.478 e. The van der Waals surface area contributed by atoms with Gasteiger partial charge in [0.15, 0.2) is 0 Å². The number of carbonyl (C=O) groups is 2. The molecular formula is C12H14O4. The molecule has 0 saturated carbocycles. The van der Waals surface area contributed by atoms with Crippen LogP contribution in [0.5, 0.6) is 0 Å². The Labute approximate surface area is 94.2 Å². The smallest absolute Gasteiger partial charge is 0.335 e. The first-order valence-electron chi connectivity index (χ1n) is 4.18. The molecule has 16 heavy (non-hydrogen) atoms. The lowest BCUT2D eigenvalue weighted by molar-refractivity contribution is 0.0681. The highest BCUT2D eigenvalue weighted by Crippen LogP contribution is 2.03. The lowest BCUT2D eigenvalue weighted by Crippen LogP contribution is -1.99. The molecule has 1 aromatic rings. The molecule has 2 N–H and O–H groups in total. The molecule has 0 unspecified atom stereocenters. The van der Waals surface area contributed by atoms with Crippen molar-refractivity contribution in [2.45, 2.75) is 0 Å². The SMILES string of the molecule is C=C.C=C.O=C(O)c1ccc(C(=O)O)cc1. The van der Waals surface area contributed by atoms with Gasteiger partial charge in [-0.25, -0.2) is 9.59 Å². The molecule has 0 saturated heterocycles. The zero-order chi connectivity index (χ0) is 13.1. The molecule has 0 aliphatic heterocycles. The lowest BCUT2D eigenvalue weighted by Gasteiger charge is -1.94. The summed E-state index contributed by atoms with van der Waals surface area (Å²) >= 11 is 0. The van der Waals surface area contributed by atoms with Crippen molar-refractivity contribution in [3.63, 3.8) is 0 Å². The maximum absolute atomic E-state index is 10.3. The fourth-order valence-electron chi connectivity index (χ4n) is 0.755. The quantitative estimate of drug-likeness (QED) is 0.754. The molecule has 0 aromatic heterocycles. The number of hydrogen-bond donors (Lipinski definition) is 2. The summed E-state index contributed by atoms with van der Waals surface area (Å²) < 4.78 is 0. The van der Waals surface area contributed by atoms with E-state index in [2.05, 4.69) is 26.3 Å². The van der Waals surface area contributed by atoms with E-state index >= 15 is 0 Å². The van der Waals surface area contributed by atoms with Gasteiger partial charge < -0.3 is 10.2 Å². The molecule has 0 aliphatic carbocycles. The Morgan fingerprint density at radius 3 is 1.06 bits per heavy atom. The van der Waals surface area contributed by atoms with Crippen LogP contribution < -0.4 is 0 Å². The highest BCUT2D eigenvalue weighted by atomic mass is 16.4. The van der Waals surface area contributed by atoms with Crippen molar-refractivity contribution in [1.82, 2.24) is 0 Å². The van der Waals surface area contributed by atoms with Crippen molar-refractivity contribution in [3.8, 4) is 0 Å². The average molecular weight is 222 g/mol. The van der Waals surface area contributed by atoms with Gasteiger partial charge in [0.25, 0.3) is 0 Å². The van der Waals surface area contributed by atoms with E-state index in [-0.39, 0.29) is 11.1 Å². The molecule has 0 radical (unpaired) electrons. The summed E-state index contributed by atoms with van der Waals surface area (Å²) in [5.41, 5.74) is 0.167. The van der Waals surface area contributed by atoms with Crippen molar-refractivity contribution >= 4 is 11.9 Å². The first kappa shape index (κ1) is 16.1. The minimum absolute atomic E-state index is 0.0833. The summed E-state index contributed by atoms with van der Waals surface area (Å²) in [7, 11) is 0. The Hall–Kier alpha value is -2.36. The monoisotopic (exact) mass is 222 g/mol. The van der Waals surface area contributed by atoms with Gasteiger partial charge in [-0.2, -0.15) is 0 Å². The van der Waals surface area contributed by atoms with Crippen LogP contribution in [-0.4, -0.2) is 22.2 Å². The van der Waals surface area contributed by atoms with Crippen LogP contribution in [0.2, 0.25) is 0 Å². The van der Waals surface area contributed by atoms with E-state index in [9.17, 15) is 9.59 Å². The van der Waals surface area contributed by atoms with Gasteiger partial charge in [0.2, 0.25) is 0 Å². The van der Waals surface area contributed by atoms with Gasteiger partial charge in [-0.1, -0.05) is 0 Å². The van der Waals surface area contributed by atoms with E-state index in [1.165, 1.54) is 24.3 Å². The highest BCUT2D eigenvalue weighted by molar-refractivity contribution is 5.91. The molecule has 86 valence electrons. The molecule has 0 aliphatic rings. The van der Waals surface area contributed by atoms with Crippen LogP contribution >= 0.6 is 0 Å². The Kier molecular flexibility index (Phi) is 9.25. The second-order valence-corrected chi connectivity index (χ2v) is 2.19. The van der Waals surface area contributed by atoms with E-state index in [1.807, 2.05) is 0 Å². The summed E-state index contributed by atoms with van der Waals surface area (Å²) in [6, 6.07) is 5.02. The average Bonchev–Trinajstić information content (AvgIpc) is 2.34. The number of hydrogen-bond acceptors (Lipinski definition) is 2. The van der Waals surface area contributed by atoms with Gasteiger partial charge in [0, 0.05) is 0 Å². The van der Waals surface area contributed by atoms with Crippen LogP contribution in [0.15, 0.2) is 50.6 Å². The highest BCUT2D eigenvalue weighted by Gasteiger charge is 2.04. The summed E-state index contributed by atoms with van der Waals surface area (Å²) in [6.07, 6.45) is 0. The number of carboxylic acid groups (broad SMARTS) is 2. The number of aromatic carboxylic acids is 2. The Morgan fingerprint density at radius 1 is 0.750 bits per heavy atom. The van der Waals surface area contributed by atoms with E-state index in [0.29, 0.717) is 0 Å². The van der Waals surface area contributed by atoms with Gasteiger partial charge in [-0.3, -0.25) is 0 Å². The molecule has 4 heteroatoms. The number of rotatable bonds is 2. The predicted octanol–water partition coefficient (Wildman–Crippen LogP) is 2.69. The lowest BCUT2D eigenvalue weighted by atomic mass is 10.1. The first-order chi connectivity index (χ1) is 7.61. The molecule has 0 amide bonds. The van der Waals surface area contributed by atoms with Gasteiger partial charge in [0.1, 0.15) is 0 Å². The normalized spacial score (nSPS) is 7.50. The standard InChI is InChI=1S/C8H6O4.2C2H4/c9-7(10)5-1-2-6(4-3-5)8(11)12;2*1-2/h1-4H,(H,9,10)(H,11,12);2*1-2H2. The van der Waals surface area contributed by atoms with Crippen LogP contribution in [0, 0.1) is 0 Å². The predicted molar refractivity (Wildman–Crippen MR) is 62.9 cm³/mol. The topological polar surface area (TPSA) is 74.6 Å². The van der Waals surface area contributed by atoms with Crippen molar-refractivity contribution in [2.24, 2.45) is 0 Å². The Morgan fingerprint density at radius 2 is 0.938 bits per heavy atom. The van der Waals surface area contributed by atoms with Gasteiger partial charge >= 0.3 is 11.9 Å². The fraction of sp³-hybridized carbons (Fsp3) is 0. The molecule has 4 nitrogen and oxygen atoms in total. The summed E-state index contributed by atoms with van der Waals surface area (Å²) in [6.45, 7) is 12.0. The van der Waals surface area contributed by atoms with E-state index in [0.717, 1.165) is 0 Å². The van der Waals surface area contributed by atoms with Crippen molar-refractivity contribution in [1.29, 1.82) is 0 Å². The molecule has 0 spiro atoms.